The van der Waals surface area contributed by atoms with Gasteiger partial charge in [-0.15, -0.1) is 0 Å². The van der Waals surface area contributed by atoms with E-state index in [0.29, 0.717) is 0 Å². The fourth-order valence-electron chi connectivity index (χ4n) is 0.933. The van der Waals surface area contributed by atoms with Crippen LogP contribution in [0.15, 0.2) is 0 Å². The molecule has 66 valence electrons. The van der Waals surface area contributed by atoms with Crippen LogP contribution in [0.1, 0.15) is 32.6 Å². The summed E-state index contributed by atoms with van der Waals surface area (Å²) in [7, 11) is 0. The van der Waals surface area contributed by atoms with Gasteiger partial charge in [0.05, 0.1) is 0 Å². The molecule has 0 amide bonds. The molecule has 3 heteroatoms. The van der Waals surface area contributed by atoms with Gasteiger partial charge in [-0.3, -0.25) is 0 Å². The Kier molecular flexibility index (Phi) is 9.09. The Morgan fingerprint density at radius 1 is 1.18 bits per heavy atom. The van der Waals surface area contributed by atoms with Gasteiger partial charge in [0.2, 0.25) is 0 Å². The maximum absolute atomic E-state index is 11.3. The van der Waals surface area contributed by atoms with E-state index in [2.05, 4.69) is 6.92 Å². The first-order valence-corrected chi connectivity index (χ1v) is 9.64. The zero-order valence-electron chi connectivity index (χ0n) is 7.31. The van der Waals surface area contributed by atoms with Gasteiger partial charge in [-0.2, -0.15) is 0 Å². The zero-order chi connectivity index (χ0) is 8.53. The van der Waals surface area contributed by atoms with Gasteiger partial charge in [-0.1, -0.05) is 0 Å². The predicted octanol–water partition coefficient (Wildman–Crippen LogP) is 1.98. The van der Waals surface area contributed by atoms with Gasteiger partial charge in [0.1, 0.15) is 0 Å². The van der Waals surface area contributed by atoms with E-state index < -0.39 is 19.7 Å². The molecule has 0 aliphatic carbocycles. The summed E-state index contributed by atoms with van der Waals surface area (Å²) in [5.74, 6) is 0. The molecular weight excluding hydrogens is 247 g/mol. The minimum atomic E-state index is -2.12. The Bertz CT molecular complexity index is 104. The molecule has 0 spiro atoms. The molecule has 0 heterocycles. The number of unbranched alkanes of at least 4 members (excludes halogenated alkanes) is 2. The first-order chi connectivity index (χ1) is 5.31. The second kappa shape index (κ2) is 8.65. The van der Waals surface area contributed by atoms with Crippen molar-refractivity contribution in [2.24, 2.45) is 0 Å². The minimum absolute atomic E-state index is 0.254. The summed E-state index contributed by atoms with van der Waals surface area (Å²) in [6, 6.07) is 0. The molecule has 0 atom stereocenters. The van der Waals surface area contributed by atoms with Crippen LogP contribution in [0.25, 0.3) is 0 Å². The van der Waals surface area contributed by atoms with Gasteiger partial charge in [0, 0.05) is 0 Å². The molecule has 0 aromatic heterocycles. The first kappa shape index (κ1) is 11.6. The van der Waals surface area contributed by atoms with Crippen LogP contribution in [-0.2, 0) is 3.08 Å². The van der Waals surface area contributed by atoms with Crippen molar-refractivity contribution in [3.8, 4) is 0 Å². The maximum atomic E-state index is 11.3. The summed E-state index contributed by atoms with van der Waals surface area (Å²) in [5, 5.41) is 8.48. The third kappa shape index (κ3) is 8.47. The second-order valence-corrected chi connectivity index (χ2v) is 8.75. The first-order valence-electron chi connectivity index (χ1n) is 4.43. The van der Waals surface area contributed by atoms with Crippen LogP contribution in [0.3, 0.4) is 0 Å². The molecule has 0 fully saturated rings. The van der Waals surface area contributed by atoms with Crippen LogP contribution in [0.2, 0.25) is 8.87 Å². The number of rotatable bonds is 7. The number of hydrogen-bond donors (Lipinski definition) is 1. The van der Waals surface area contributed by atoms with Gasteiger partial charge in [-0.25, -0.2) is 0 Å². The van der Waals surface area contributed by atoms with E-state index >= 15 is 0 Å². The van der Waals surface area contributed by atoms with Gasteiger partial charge in [0.15, 0.2) is 0 Å². The molecule has 11 heavy (non-hydrogen) atoms. The van der Waals surface area contributed by atoms with E-state index in [4.69, 9.17) is 5.11 Å². The Hall–Kier alpha value is 0.559. The SMILES string of the molecule is CCC[CH2][Sn](=[O])[CH2]CCCO. The third-order valence-corrected chi connectivity index (χ3v) is 6.87. The standard InChI is InChI=1S/C4H9O.C4H9.O.Sn/c1-2-3-4-5;1-3-4-2;;/h5H,1-4H2;1,3-4H2,2H3;;. The molecule has 2 nitrogen and oxygen atoms in total. The summed E-state index contributed by atoms with van der Waals surface area (Å²) >= 11 is -2.12. The molecular formula is C8H18O2Sn. The van der Waals surface area contributed by atoms with Crippen molar-refractivity contribution in [3.63, 3.8) is 0 Å². The summed E-state index contributed by atoms with van der Waals surface area (Å²) in [6.07, 6.45) is 4.10. The quantitative estimate of drug-likeness (QED) is 0.564. The van der Waals surface area contributed by atoms with E-state index in [-0.39, 0.29) is 6.61 Å². The van der Waals surface area contributed by atoms with Crippen LogP contribution in [0.5, 0.6) is 0 Å². The van der Waals surface area contributed by atoms with Crippen LogP contribution in [0, 0.1) is 0 Å². The van der Waals surface area contributed by atoms with Crippen LogP contribution < -0.4 is 0 Å². The van der Waals surface area contributed by atoms with E-state index in [1.54, 1.807) is 0 Å². The molecule has 0 saturated heterocycles. The second-order valence-electron chi connectivity index (χ2n) is 2.82. The fourth-order valence-corrected chi connectivity index (χ4v) is 5.62. The monoisotopic (exact) mass is 266 g/mol. The Balaban J connectivity index is 3.09. The molecule has 0 rings (SSSR count). The van der Waals surface area contributed by atoms with Crippen molar-refractivity contribution in [3.05, 3.63) is 0 Å². The number of aliphatic hydroxyl groups excluding tert-OH is 1. The van der Waals surface area contributed by atoms with E-state index in [0.717, 1.165) is 34.6 Å². The molecule has 0 radical (unpaired) electrons. The van der Waals surface area contributed by atoms with E-state index in [1.807, 2.05) is 0 Å². The molecule has 1 N–H and O–H groups in total. The van der Waals surface area contributed by atoms with Crippen molar-refractivity contribution < 1.29 is 8.18 Å². The van der Waals surface area contributed by atoms with Gasteiger partial charge < -0.3 is 0 Å². The van der Waals surface area contributed by atoms with Gasteiger partial charge in [0.25, 0.3) is 0 Å². The van der Waals surface area contributed by atoms with Crippen molar-refractivity contribution >= 4 is 19.7 Å². The number of aliphatic hydroxyl groups is 1. The summed E-state index contributed by atoms with van der Waals surface area (Å²) in [6.45, 7) is 2.38. The van der Waals surface area contributed by atoms with Gasteiger partial charge >= 0.3 is 76.0 Å². The molecule has 0 bridgehead atoms. The topological polar surface area (TPSA) is 37.3 Å². The summed E-state index contributed by atoms with van der Waals surface area (Å²) in [4.78, 5) is 0. The van der Waals surface area contributed by atoms with Crippen LogP contribution in [0.4, 0.5) is 0 Å². The Labute approximate surface area is 76.1 Å². The predicted molar refractivity (Wildman–Crippen MR) is 47.3 cm³/mol. The average Bonchev–Trinajstić information content (AvgIpc) is 2.01. The van der Waals surface area contributed by atoms with Crippen molar-refractivity contribution in [1.29, 1.82) is 0 Å². The third-order valence-electron chi connectivity index (χ3n) is 1.67. The Morgan fingerprint density at radius 2 is 1.82 bits per heavy atom. The molecule has 0 saturated carbocycles. The zero-order valence-corrected chi connectivity index (χ0v) is 10.2. The Morgan fingerprint density at radius 3 is 2.36 bits per heavy atom. The number of hydrogen-bond acceptors (Lipinski definition) is 2. The van der Waals surface area contributed by atoms with Crippen LogP contribution in [-0.4, -0.2) is 31.5 Å². The van der Waals surface area contributed by atoms with E-state index in [1.165, 1.54) is 0 Å². The van der Waals surface area contributed by atoms with E-state index in [9.17, 15) is 3.08 Å². The molecule has 0 unspecified atom stereocenters. The van der Waals surface area contributed by atoms with Gasteiger partial charge in [-0.05, 0) is 0 Å². The molecule has 0 aromatic carbocycles. The average molecular weight is 265 g/mol. The summed E-state index contributed by atoms with van der Waals surface area (Å²) < 4.78 is 13.2. The molecule has 0 aliphatic heterocycles. The van der Waals surface area contributed by atoms with Crippen molar-refractivity contribution in [2.75, 3.05) is 6.61 Å². The van der Waals surface area contributed by atoms with Crippen LogP contribution >= 0.6 is 0 Å². The summed E-state index contributed by atoms with van der Waals surface area (Å²) in [5.41, 5.74) is 0. The normalized spacial score (nSPS) is 10.0. The van der Waals surface area contributed by atoms with Crippen molar-refractivity contribution in [2.45, 2.75) is 41.5 Å². The fraction of sp³-hybridized carbons (Fsp3) is 1.00. The molecule has 0 aromatic rings. The molecule has 0 aliphatic rings. The van der Waals surface area contributed by atoms with Crippen molar-refractivity contribution in [1.82, 2.24) is 0 Å².